The highest BCUT2D eigenvalue weighted by atomic mass is 32.2. The van der Waals surface area contributed by atoms with E-state index in [-0.39, 0.29) is 24.3 Å². The summed E-state index contributed by atoms with van der Waals surface area (Å²) in [7, 11) is -2.35. The largest absolute Gasteiger partial charge is 0.476 e. The number of carbonyl (C=O) groups excluding carboxylic acids is 1. The monoisotopic (exact) mass is 336 g/mol. The van der Waals surface area contributed by atoms with Gasteiger partial charge in [0.15, 0.2) is 5.69 Å². The third kappa shape index (κ3) is 5.78. The van der Waals surface area contributed by atoms with Gasteiger partial charge in [-0.15, -0.1) is 11.3 Å². The second kappa shape index (κ2) is 7.48. The van der Waals surface area contributed by atoms with Crippen LogP contribution >= 0.6 is 11.3 Å². The summed E-state index contributed by atoms with van der Waals surface area (Å²) in [5.41, 5.74) is -0.119. The molecule has 0 aromatic carbocycles. The Morgan fingerprint density at radius 2 is 2.19 bits per heavy atom. The molecule has 118 valence electrons. The fraction of sp³-hybridized carbons (Fsp3) is 0.545. The predicted octanol–water partition coefficient (Wildman–Crippen LogP) is 0.775. The summed E-state index contributed by atoms with van der Waals surface area (Å²) >= 11 is 1.07. The molecule has 0 aliphatic heterocycles. The maximum absolute atomic E-state index is 11.8. The number of hydrogen-bond acceptors (Lipinski definition) is 7. The van der Waals surface area contributed by atoms with Crippen molar-refractivity contribution in [3.05, 3.63) is 16.1 Å². The van der Waals surface area contributed by atoms with Gasteiger partial charge in [0.05, 0.1) is 18.9 Å². The van der Waals surface area contributed by atoms with Crippen molar-refractivity contribution in [2.45, 2.75) is 25.8 Å². The Morgan fingerprint density at radius 3 is 2.71 bits per heavy atom. The van der Waals surface area contributed by atoms with E-state index in [0.717, 1.165) is 11.3 Å². The number of nitrogens with zero attached hydrogens (tertiary/aromatic N) is 1. The summed E-state index contributed by atoms with van der Waals surface area (Å²) in [6.45, 7) is 1.57. The zero-order chi connectivity index (χ0) is 16.0. The van der Waals surface area contributed by atoms with E-state index in [1.165, 1.54) is 12.5 Å². The molecule has 8 nitrogen and oxygen atoms in total. The molecule has 10 heteroatoms. The second-order valence-corrected chi connectivity index (χ2v) is 6.98. The maximum Gasteiger partial charge on any atom is 0.355 e. The lowest BCUT2D eigenvalue weighted by Gasteiger charge is -2.11. The molecule has 0 aliphatic rings. The van der Waals surface area contributed by atoms with Crippen LogP contribution in [0.1, 0.15) is 41.3 Å². The second-order valence-electron chi connectivity index (χ2n) is 4.21. The third-order valence-corrected chi connectivity index (χ3v) is 5.06. The van der Waals surface area contributed by atoms with Crippen LogP contribution in [0.3, 0.4) is 0 Å². The van der Waals surface area contributed by atoms with Gasteiger partial charge < -0.3 is 9.84 Å². The minimum Gasteiger partial charge on any atom is -0.476 e. The Bertz CT molecular complexity index is 610. The van der Waals surface area contributed by atoms with Gasteiger partial charge in [0.2, 0.25) is 10.0 Å². The lowest BCUT2D eigenvalue weighted by atomic mass is 10.3. The smallest absolute Gasteiger partial charge is 0.355 e. The van der Waals surface area contributed by atoms with Crippen molar-refractivity contribution in [1.82, 2.24) is 9.71 Å². The molecule has 0 bridgehead atoms. The van der Waals surface area contributed by atoms with E-state index in [1.807, 2.05) is 0 Å². The number of hydrogen-bond donors (Lipinski definition) is 2. The third-order valence-electron chi connectivity index (χ3n) is 2.49. The number of sulfonamides is 1. The van der Waals surface area contributed by atoms with E-state index in [4.69, 9.17) is 5.11 Å². The molecule has 1 aromatic heterocycles. The lowest BCUT2D eigenvalue weighted by Crippen LogP contribution is -2.29. The van der Waals surface area contributed by atoms with Gasteiger partial charge >= 0.3 is 11.9 Å². The van der Waals surface area contributed by atoms with Crippen LogP contribution in [0.4, 0.5) is 0 Å². The van der Waals surface area contributed by atoms with E-state index in [1.54, 1.807) is 6.92 Å². The van der Waals surface area contributed by atoms with Gasteiger partial charge in [-0.05, 0) is 13.3 Å². The highest BCUT2D eigenvalue weighted by Gasteiger charge is 2.20. The van der Waals surface area contributed by atoms with Crippen molar-refractivity contribution in [3.8, 4) is 0 Å². The molecule has 1 aromatic rings. The van der Waals surface area contributed by atoms with Gasteiger partial charge in [-0.1, -0.05) is 0 Å². The van der Waals surface area contributed by atoms with Gasteiger partial charge in [0, 0.05) is 11.8 Å². The van der Waals surface area contributed by atoms with Crippen LogP contribution in [0.2, 0.25) is 0 Å². The normalized spacial score (nSPS) is 12.9. The molecular weight excluding hydrogens is 320 g/mol. The van der Waals surface area contributed by atoms with Gasteiger partial charge in [0.25, 0.3) is 0 Å². The molecule has 1 rings (SSSR count). The average molecular weight is 336 g/mol. The molecule has 0 radical (unpaired) electrons. The Hall–Kier alpha value is -1.52. The topological polar surface area (TPSA) is 123 Å². The first kappa shape index (κ1) is 17.5. The molecule has 0 aliphatic carbocycles. The predicted molar refractivity (Wildman–Crippen MR) is 75.7 cm³/mol. The first-order valence-electron chi connectivity index (χ1n) is 6.00. The molecule has 0 fully saturated rings. The quantitative estimate of drug-likeness (QED) is 0.672. The van der Waals surface area contributed by atoms with Gasteiger partial charge in [-0.25, -0.2) is 22.9 Å². The minimum atomic E-state index is -3.58. The number of aromatic nitrogens is 1. The van der Waals surface area contributed by atoms with Crippen LogP contribution in [-0.4, -0.2) is 43.3 Å². The number of carboxylic acids is 1. The molecular formula is C11H16N2O6S2. The summed E-state index contributed by atoms with van der Waals surface area (Å²) in [6.07, 6.45) is 0.166. The van der Waals surface area contributed by atoms with Crippen molar-refractivity contribution in [2.24, 2.45) is 0 Å². The summed E-state index contributed by atoms with van der Waals surface area (Å²) in [5.74, 6) is -1.85. The molecule has 0 amide bonds. The number of aromatic carboxylic acids is 1. The van der Waals surface area contributed by atoms with Crippen molar-refractivity contribution in [2.75, 3.05) is 12.9 Å². The van der Waals surface area contributed by atoms with Gasteiger partial charge in [-0.2, -0.15) is 0 Å². The van der Waals surface area contributed by atoms with Gasteiger partial charge in [-0.3, -0.25) is 4.79 Å². The minimum absolute atomic E-state index is 0.0200. The maximum atomic E-state index is 11.8. The van der Waals surface area contributed by atoms with Crippen LogP contribution in [0.5, 0.6) is 0 Å². The van der Waals surface area contributed by atoms with Crippen LogP contribution in [-0.2, 0) is 19.6 Å². The summed E-state index contributed by atoms with van der Waals surface area (Å²) in [5, 5.41) is 10.5. The van der Waals surface area contributed by atoms with Gasteiger partial charge in [0.1, 0.15) is 5.01 Å². The molecule has 2 N–H and O–H groups in total. The number of thiazole rings is 1. The molecule has 1 heterocycles. The van der Waals surface area contributed by atoms with Crippen LogP contribution in [0, 0.1) is 0 Å². The highest BCUT2D eigenvalue weighted by molar-refractivity contribution is 7.89. The highest BCUT2D eigenvalue weighted by Crippen LogP contribution is 2.19. The molecule has 0 saturated heterocycles. The molecule has 0 spiro atoms. The van der Waals surface area contributed by atoms with Crippen LogP contribution in [0.25, 0.3) is 0 Å². The van der Waals surface area contributed by atoms with Crippen molar-refractivity contribution >= 4 is 33.3 Å². The Morgan fingerprint density at radius 1 is 1.52 bits per heavy atom. The van der Waals surface area contributed by atoms with E-state index >= 15 is 0 Å². The number of carboxylic acid groups (broad SMARTS) is 1. The number of ether oxygens (including phenoxy) is 1. The van der Waals surface area contributed by atoms with E-state index in [0.29, 0.717) is 5.01 Å². The molecule has 1 atom stereocenters. The summed E-state index contributed by atoms with van der Waals surface area (Å²) in [6, 6.07) is -0.633. The Balaban J connectivity index is 2.57. The first-order chi connectivity index (χ1) is 9.75. The number of methoxy groups -OCH3 is 1. The van der Waals surface area contributed by atoms with Crippen LogP contribution in [0.15, 0.2) is 5.38 Å². The van der Waals surface area contributed by atoms with E-state index < -0.39 is 28.0 Å². The fourth-order valence-electron chi connectivity index (χ4n) is 1.47. The summed E-state index contributed by atoms with van der Waals surface area (Å²) in [4.78, 5) is 25.5. The fourth-order valence-corrected chi connectivity index (χ4v) is 3.64. The van der Waals surface area contributed by atoms with Crippen molar-refractivity contribution in [3.63, 3.8) is 0 Å². The zero-order valence-electron chi connectivity index (χ0n) is 11.5. The lowest BCUT2D eigenvalue weighted by molar-refractivity contribution is -0.140. The SMILES string of the molecule is COC(=O)CCCS(=O)(=O)NC(C)c1nc(C(=O)O)cs1. The van der Waals surface area contributed by atoms with E-state index in [2.05, 4.69) is 14.4 Å². The number of carbonyl (C=O) groups is 2. The zero-order valence-corrected chi connectivity index (χ0v) is 13.2. The number of esters is 1. The summed E-state index contributed by atoms with van der Waals surface area (Å²) < 4.78 is 30.5. The Kier molecular flexibility index (Phi) is 6.24. The van der Waals surface area contributed by atoms with Crippen LogP contribution < -0.4 is 4.72 Å². The van der Waals surface area contributed by atoms with Crippen molar-refractivity contribution < 1.29 is 27.9 Å². The number of rotatable bonds is 8. The molecule has 0 saturated carbocycles. The average Bonchev–Trinajstić information content (AvgIpc) is 2.87. The van der Waals surface area contributed by atoms with E-state index in [9.17, 15) is 18.0 Å². The number of nitrogens with one attached hydrogen (secondary N) is 1. The first-order valence-corrected chi connectivity index (χ1v) is 8.54. The standard InChI is InChI=1S/C11H16N2O6S2/c1-7(10-12-8(6-20-10)11(15)16)13-21(17,18)5-3-4-9(14)19-2/h6-7,13H,3-5H2,1-2H3,(H,15,16). The Labute approximate surface area is 126 Å². The molecule has 1 unspecified atom stereocenters. The molecule has 21 heavy (non-hydrogen) atoms. The van der Waals surface area contributed by atoms with Crippen molar-refractivity contribution in [1.29, 1.82) is 0 Å².